The summed E-state index contributed by atoms with van der Waals surface area (Å²) in [5, 5.41) is 1.26. The third-order valence-corrected chi connectivity index (χ3v) is 2.79. The Morgan fingerprint density at radius 2 is 2.13 bits per heavy atom. The Balaban J connectivity index is 2.46. The average molecular weight is 205 g/mol. The number of alkyl halides is 1. The molecule has 0 fully saturated rings. The first kappa shape index (κ1) is 10.2. The molecule has 1 aromatic carbocycles. The lowest BCUT2D eigenvalue weighted by atomic mass is 10.1. The first-order valence-corrected chi connectivity index (χ1v) is 5.49. The third kappa shape index (κ3) is 1.89. The maximum absolute atomic E-state index is 12.2. The van der Waals surface area contributed by atoms with Gasteiger partial charge >= 0.3 is 0 Å². The van der Waals surface area contributed by atoms with Crippen molar-refractivity contribution in [1.82, 2.24) is 4.57 Å². The maximum atomic E-state index is 12.2. The summed E-state index contributed by atoms with van der Waals surface area (Å²) in [6.45, 7) is 2.69. The molecule has 2 aromatic rings. The third-order valence-electron chi connectivity index (χ3n) is 2.79. The topological polar surface area (TPSA) is 4.93 Å². The Morgan fingerprint density at radius 1 is 1.27 bits per heavy atom. The van der Waals surface area contributed by atoms with E-state index < -0.39 is 0 Å². The minimum absolute atomic E-state index is 0.242. The Kier molecular flexibility index (Phi) is 3.05. The largest absolute Gasteiger partial charge is 0.347 e. The molecule has 0 spiro atoms. The van der Waals surface area contributed by atoms with Crippen LogP contribution in [-0.2, 0) is 13.0 Å². The summed E-state index contributed by atoms with van der Waals surface area (Å²) in [4.78, 5) is 0. The lowest BCUT2D eigenvalue weighted by molar-refractivity contribution is 0.450. The summed E-state index contributed by atoms with van der Waals surface area (Å²) in [6.07, 6.45) is 3.68. The van der Waals surface area contributed by atoms with Gasteiger partial charge in [-0.05, 0) is 29.9 Å². The lowest BCUT2D eigenvalue weighted by Gasteiger charge is -2.07. The number of nitrogens with zero attached hydrogens (tertiary/aromatic N) is 1. The van der Waals surface area contributed by atoms with Crippen molar-refractivity contribution >= 4 is 10.9 Å². The normalized spacial score (nSPS) is 11.1. The summed E-state index contributed by atoms with van der Waals surface area (Å²) < 4.78 is 14.3. The van der Waals surface area contributed by atoms with Crippen LogP contribution in [0.2, 0.25) is 0 Å². The molecule has 0 N–H and O–H groups in total. The van der Waals surface area contributed by atoms with E-state index in [1.54, 1.807) is 0 Å². The highest BCUT2D eigenvalue weighted by molar-refractivity contribution is 5.83. The number of rotatable bonds is 4. The van der Waals surface area contributed by atoms with E-state index in [0.29, 0.717) is 6.42 Å². The van der Waals surface area contributed by atoms with Crippen LogP contribution in [-0.4, -0.2) is 11.2 Å². The number of halogens is 1. The van der Waals surface area contributed by atoms with Crippen LogP contribution in [0.1, 0.15) is 18.9 Å². The van der Waals surface area contributed by atoms with E-state index in [2.05, 4.69) is 42.0 Å². The molecule has 2 heteroatoms. The molecule has 2 rings (SSSR count). The van der Waals surface area contributed by atoms with Crippen molar-refractivity contribution in [2.45, 2.75) is 26.3 Å². The van der Waals surface area contributed by atoms with Crippen molar-refractivity contribution in [3.63, 3.8) is 0 Å². The molecule has 0 saturated heterocycles. The molecule has 15 heavy (non-hydrogen) atoms. The van der Waals surface area contributed by atoms with E-state index in [1.165, 1.54) is 16.5 Å². The second-order valence-corrected chi connectivity index (χ2v) is 3.76. The molecule has 0 saturated carbocycles. The second kappa shape index (κ2) is 4.47. The van der Waals surface area contributed by atoms with Crippen LogP contribution in [0.3, 0.4) is 0 Å². The number of aromatic nitrogens is 1. The smallest absolute Gasteiger partial charge is 0.0911 e. The molecule has 0 aliphatic heterocycles. The molecule has 1 nitrogen and oxygen atoms in total. The van der Waals surface area contributed by atoms with E-state index in [0.717, 1.165) is 13.0 Å². The summed E-state index contributed by atoms with van der Waals surface area (Å²) in [6, 6.07) is 8.45. The van der Waals surface area contributed by atoms with Gasteiger partial charge in [0.25, 0.3) is 0 Å². The van der Waals surface area contributed by atoms with Crippen molar-refractivity contribution in [3.8, 4) is 0 Å². The van der Waals surface area contributed by atoms with Gasteiger partial charge in [-0.25, -0.2) is 0 Å². The number of hydrogen-bond donors (Lipinski definition) is 0. The summed E-state index contributed by atoms with van der Waals surface area (Å²) >= 11 is 0. The molecule has 0 aliphatic carbocycles. The molecule has 1 aromatic heterocycles. The number of hydrogen-bond acceptors (Lipinski definition) is 0. The van der Waals surface area contributed by atoms with E-state index in [1.807, 2.05) is 0 Å². The molecule has 0 aliphatic rings. The van der Waals surface area contributed by atoms with Crippen molar-refractivity contribution in [2.75, 3.05) is 6.67 Å². The van der Waals surface area contributed by atoms with Gasteiger partial charge < -0.3 is 4.57 Å². The van der Waals surface area contributed by atoms with Crippen molar-refractivity contribution < 1.29 is 4.39 Å². The highest BCUT2D eigenvalue weighted by Crippen LogP contribution is 2.21. The molecule has 0 amide bonds. The number of fused-ring (bicyclic) bond motifs is 1. The van der Waals surface area contributed by atoms with Gasteiger partial charge in [-0.2, -0.15) is 0 Å². The first-order valence-electron chi connectivity index (χ1n) is 5.49. The molecule has 0 atom stereocenters. The van der Waals surface area contributed by atoms with Gasteiger partial charge in [-0.1, -0.05) is 25.1 Å². The van der Waals surface area contributed by atoms with Crippen LogP contribution in [0.4, 0.5) is 4.39 Å². The first-order chi connectivity index (χ1) is 7.36. The van der Waals surface area contributed by atoms with Gasteiger partial charge in [-0.15, -0.1) is 0 Å². The molecular weight excluding hydrogens is 189 g/mol. The predicted molar refractivity (Wildman–Crippen MR) is 61.9 cm³/mol. The number of aryl methyl sites for hydroxylation is 2. The van der Waals surface area contributed by atoms with Crippen LogP contribution in [0.25, 0.3) is 10.9 Å². The molecular formula is C13H16FN. The van der Waals surface area contributed by atoms with Crippen LogP contribution >= 0.6 is 0 Å². The minimum atomic E-state index is -0.242. The van der Waals surface area contributed by atoms with Crippen LogP contribution in [0.15, 0.2) is 30.5 Å². The quantitative estimate of drug-likeness (QED) is 0.719. The van der Waals surface area contributed by atoms with E-state index in [-0.39, 0.29) is 6.67 Å². The van der Waals surface area contributed by atoms with Gasteiger partial charge in [-0.3, -0.25) is 4.39 Å². The summed E-state index contributed by atoms with van der Waals surface area (Å²) in [7, 11) is 0. The Bertz CT molecular complexity index is 445. The average Bonchev–Trinajstić information content (AvgIpc) is 2.69. The van der Waals surface area contributed by atoms with Crippen LogP contribution < -0.4 is 0 Å². The maximum Gasteiger partial charge on any atom is 0.0911 e. The standard InChI is InChI=1S/C13H16FN/c1-2-11-5-3-6-12-7-10-15(13(11)12)9-4-8-14/h3,5-7,10H,2,4,8-9H2,1H3. The fourth-order valence-corrected chi connectivity index (χ4v) is 2.04. The van der Waals surface area contributed by atoms with E-state index >= 15 is 0 Å². The highest BCUT2D eigenvalue weighted by Gasteiger charge is 2.04. The fourth-order valence-electron chi connectivity index (χ4n) is 2.04. The highest BCUT2D eigenvalue weighted by atomic mass is 19.1. The van der Waals surface area contributed by atoms with Crippen molar-refractivity contribution in [1.29, 1.82) is 0 Å². The molecule has 0 radical (unpaired) electrons. The zero-order valence-electron chi connectivity index (χ0n) is 9.04. The zero-order valence-corrected chi connectivity index (χ0v) is 9.04. The van der Waals surface area contributed by atoms with Crippen molar-refractivity contribution in [2.24, 2.45) is 0 Å². The SMILES string of the molecule is CCc1cccc2ccn(CCCF)c12. The monoisotopic (exact) mass is 205 g/mol. The van der Waals surface area contributed by atoms with Gasteiger partial charge in [0, 0.05) is 12.7 Å². The summed E-state index contributed by atoms with van der Waals surface area (Å²) in [5.74, 6) is 0. The molecule has 0 bridgehead atoms. The second-order valence-electron chi connectivity index (χ2n) is 3.76. The Hall–Kier alpha value is -1.31. The van der Waals surface area contributed by atoms with Crippen molar-refractivity contribution in [3.05, 3.63) is 36.0 Å². The van der Waals surface area contributed by atoms with Gasteiger partial charge in [0.2, 0.25) is 0 Å². The predicted octanol–water partition coefficient (Wildman–Crippen LogP) is 3.56. The fraction of sp³-hybridized carbons (Fsp3) is 0.385. The molecule has 80 valence electrons. The zero-order chi connectivity index (χ0) is 10.7. The van der Waals surface area contributed by atoms with Gasteiger partial charge in [0.15, 0.2) is 0 Å². The van der Waals surface area contributed by atoms with Crippen LogP contribution in [0.5, 0.6) is 0 Å². The number of benzene rings is 1. The van der Waals surface area contributed by atoms with Gasteiger partial charge in [0.05, 0.1) is 12.2 Å². The molecule has 1 heterocycles. The van der Waals surface area contributed by atoms with E-state index in [4.69, 9.17) is 0 Å². The van der Waals surface area contributed by atoms with E-state index in [9.17, 15) is 4.39 Å². The lowest BCUT2D eigenvalue weighted by Crippen LogP contribution is -1.99. The molecule has 0 unspecified atom stereocenters. The number of para-hydroxylation sites is 1. The Morgan fingerprint density at radius 3 is 2.87 bits per heavy atom. The summed E-state index contributed by atoms with van der Waals surface area (Å²) in [5.41, 5.74) is 2.62. The Labute approximate surface area is 89.5 Å². The van der Waals surface area contributed by atoms with Gasteiger partial charge in [0.1, 0.15) is 0 Å². The van der Waals surface area contributed by atoms with Crippen LogP contribution in [0, 0.1) is 0 Å². The minimum Gasteiger partial charge on any atom is -0.347 e.